The fourth-order valence-electron chi connectivity index (χ4n) is 1.12. The fraction of sp³-hybridized carbons (Fsp3) is 0.444. The summed E-state index contributed by atoms with van der Waals surface area (Å²) in [6, 6.07) is 0. The molecule has 0 unspecified atom stereocenters. The van der Waals surface area contributed by atoms with E-state index in [0.29, 0.717) is 18.3 Å². The quantitative estimate of drug-likeness (QED) is 0.864. The van der Waals surface area contributed by atoms with Crippen molar-refractivity contribution in [3.63, 3.8) is 0 Å². The van der Waals surface area contributed by atoms with E-state index in [-0.39, 0.29) is 0 Å². The van der Waals surface area contributed by atoms with Crippen molar-refractivity contribution in [1.29, 1.82) is 0 Å². The van der Waals surface area contributed by atoms with Crippen molar-refractivity contribution in [2.24, 2.45) is 0 Å². The standard InChI is InChI=1S/C9H12N4OS/c1-5-6(2)15-9(11-5)10-4-8-12-7(3)14-13-8/h4H2,1-3H3,(H,10,11). The summed E-state index contributed by atoms with van der Waals surface area (Å²) in [5, 5.41) is 7.84. The second-order valence-corrected chi connectivity index (χ2v) is 4.45. The molecule has 0 atom stereocenters. The van der Waals surface area contributed by atoms with Crippen LogP contribution in [0.5, 0.6) is 0 Å². The smallest absolute Gasteiger partial charge is 0.223 e. The van der Waals surface area contributed by atoms with E-state index >= 15 is 0 Å². The Morgan fingerprint density at radius 1 is 1.27 bits per heavy atom. The van der Waals surface area contributed by atoms with E-state index in [0.717, 1.165) is 10.8 Å². The van der Waals surface area contributed by atoms with Crippen molar-refractivity contribution in [2.45, 2.75) is 27.3 Å². The van der Waals surface area contributed by atoms with Crippen LogP contribution in [0, 0.1) is 20.8 Å². The maximum atomic E-state index is 4.86. The van der Waals surface area contributed by atoms with Gasteiger partial charge in [-0.3, -0.25) is 0 Å². The first-order chi connectivity index (χ1) is 7.15. The number of aryl methyl sites for hydroxylation is 3. The first kappa shape index (κ1) is 10.1. The minimum Gasteiger partial charge on any atom is -0.354 e. The lowest BCUT2D eigenvalue weighted by Crippen LogP contribution is -2.00. The van der Waals surface area contributed by atoms with Crippen LogP contribution in [0.15, 0.2) is 4.52 Å². The Kier molecular flexibility index (Phi) is 2.68. The van der Waals surface area contributed by atoms with E-state index in [1.165, 1.54) is 4.88 Å². The number of aromatic nitrogens is 3. The molecule has 0 fully saturated rings. The summed E-state index contributed by atoms with van der Waals surface area (Å²) in [4.78, 5) is 9.67. The fourth-order valence-corrected chi connectivity index (χ4v) is 1.93. The highest BCUT2D eigenvalue weighted by Gasteiger charge is 2.05. The molecule has 0 amide bonds. The van der Waals surface area contributed by atoms with Gasteiger partial charge in [-0.25, -0.2) is 4.98 Å². The highest BCUT2D eigenvalue weighted by molar-refractivity contribution is 7.15. The van der Waals surface area contributed by atoms with Crippen LogP contribution in [-0.2, 0) is 6.54 Å². The number of anilines is 1. The Labute approximate surface area is 91.5 Å². The van der Waals surface area contributed by atoms with Gasteiger partial charge < -0.3 is 9.84 Å². The van der Waals surface area contributed by atoms with Crippen LogP contribution in [-0.4, -0.2) is 15.1 Å². The SMILES string of the molecule is Cc1nc(CNc2nc(C)c(C)s2)no1. The third-order valence-corrected chi connectivity index (χ3v) is 3.03. The minimum absolute atomic E-state index is 0.545. The maximum Gasteiger partial charge on any atom is 0.223 e. The number of thiazole rings is 1. The summed E-state index contributed by atoms with van der Waals surface area (Å²) in [6.45, 7) is 6.37. The molecule has 0 saturated heterocycles. The summed E-state index contributed by atoms with van der Waals surface area (Å²) < 4.78 is 4.86. The number of rotatable bonds is 3. The van der Waals surface area contributed by atoms with Crippen LogP contribution in [0.25, 0.3) is 0 Å². The second kappa shape index (κ2) is 3.98. The summed E-state index contributed by atoms with van der Waals surface area (Å²) >= 11 is 1.63. The number of hydrogen-bond acceptors (Lipinski definition) is 6. The molecule has 80 valence electrons. The molecule has 2 aromatic heterocycles. The van der Waals surface area contributed by atoms with Gasteiger partial charge in [-0.05, 0) is 13.8 Å². The van der Waals surface area contributed by atoms with Gasteiger partial charge in [-0.1, -0.05) is 5.16 Å². The lowest BCUT2D eigenvalue weighted by atomic mass is 10.4. The van der Waals surface area contributed by atoms with Gasteiger partial charge in [0.25, 0.3) is 0 Å². The third kappa shape index (κ3) is 2.33. The second-order valence-electron chi connectivity index (χ2n) is 3.24. The predicted octanol–water partition coefficient (Wildman–Crippen LogP) is 2.06. The van der Waals surface area contributed by atoms with Crippen molar-refractivity contribution in [2.75, 3.05) is 5.32 Å². The van der Waals surface area contributed by atoms with E-state index in [9.17, 15) is 0 Å². The first-order valence-electron chi connectivity index (χ1n) is 4.62. The van der Waals surface area contributed by atoms with E-state index in [1.807, 2.05) is 6.92 Å². The normalized spacial score (nSPS) is 10.6. The van der Waals surface area contributed by atoms with Gasteiger partial charge in [-0.2, -0.15) is 4.98 Å². The molecule has 0 aromatic carbocycles. The zero-order valence-electron chi connectivity index (χ0n) is 8.87. The molecule has 6 heteroatoms. The van der Waals surface area contributed by atoms with Crippen molar-refractivity contribution >= 4 is 16.5 Å². The molecule has 1 N–H and O–H groups in total. The van der Waals surface area contributed by atoms with Crippen LogP contribution in [0.2, 0.25) is 0 Å². The zero-order valence-corrected chi connectivity index (χ0v) is 9.68. The topological polar surface area (TPSA) is 63.8 Å². The van der Waals surface area contributed by atoms with E-state index in [4.69, 9.17) is 4.52 Å². The first-order valence-corrected chi connectivity index (χ1v) is 5.44. The monoisotopic (exact) mass is 224 g/mol. The van der Waals surface area contributed by atoms with E-state index in [1.54, 1.807) is 18.3 Å². The van der Waals surface area contributed by atoms with E-state index in [2.05, 4.69) is 27.4 Å². The minimum atomic E-state index is 0.545. The van der Waals surface area contributed by atoms with Crippen LogP contribution in [0.3, 0.4) is 0 Å². The van der Waals surface area contributed by atoms with Crippen LogP contribution in [0.1, 0.15) is 22.3 Å². The van der Waals surface area contributed by atoms with Gasteiger partial charge in [0.2, 0.25) is 5.89 Å². The van der Waals surface area contributed by atoms with Gasteiger partial charge in [0.1, 0.15) is 0 Å². The molecule has 15 heavy (non-hydrogen) atoms. The molecule has 0 radical (unpaired) electrons. The highest BCUT2D eigenvalue weighted by Crippen LogP contribution is 2.21. The van der Waals surface area contributed by atoms with Gasteiger partial charge in [-0.15, -0.1) is 11.3 Å². The molecule has 5 nitrogen and oxygen atoms in total. The Bertz CT molecular complexity index is 443. The van der Waals surface area contributed by atoms with Gasteiger partial charge in [0, 0.05) is 11.8 Å². The molecule has 0 spiro atoms. The molecule has 0 saturated carbocycles. The van der Waals surface area contributed by atoms with Crippen molar-refractivity contribution < 1.29 is 4.52 Å². The molecule has 2 rings (SSSR count). The Morgan fingerprint density at radius 3 is 2.60 bits per heavy atom. The van der Waals surface area contributed by atoms with E-state index < -0.39 is 0 Å². The largest absolute Gasteiger partial charge is 0.354 e. The number of nitrogens with zero attached hydrogens (tertiary/aromatic N) is 3. The highest BCUT2D eigenvalue weighted by atomic mass is 32.1. The van der Waals surface area contributed by atoms with Crippen LogP contribution >= 0.6 is 11.3 Å². The average Bonchev–Trinajstić information content (AvgIpc) is 2.72. The summed E-state index contributed by atoms with van der Waals surface area (Å²) in [6.07, 6.45) is 0. The molecule has 0 bridgehead atoms. The lowest BCUT2D eigenvalue weighted by molar-refractivity contribution is 0.388. The molecular formula is C9H12N4OS. The van der Waals surface area contributed by atoms with Gasteiger partial charge in [0.05, 0.1) is 12.2 Å². The summed E-state index contributed by atoms with van der Waals surface area (Å²) in [5.74, 6) is 1.23. The number of hydrogen-bond donors (Lipinski definition) is 1. The zero-order chi connectivity index (χ0) is 10.8. The van der Waals surface area contributed by atoms with Gasteiger partial charge >= 0.3 is 0 Å². The summed E-state index contributed by atoms with van der Waals surface area (Å²) in [7, 11) is 0. The molecule has 0 aliphatic rings. The van der Waals surface area contributed by atoms with Crippen molar-refractivity contribution in [3.05, 3.63) is 22.3 Å². The Hall–Kier alpha value is -1.43. The molecule has 2 heterocycles. The van der Waals surface area contributed by atoms with Crippen LogP contribution in [0.4, 0.5) is 5.13 Å². The van der Waals surface area contributed by atoms with Crippen molar-refractivity contribution in [3.8, 4) is 0 Å². The predicted molar refractivity (Wildman–Crippen MR) is 57.9 cm³/mol. The lowest BCUT2D eigenvalue weighted by Gasteiger charge is -1.95. The Balaban J connectivity index is 1.99. The molecule has 2 aromatic rings. The Morgan fingerprint density at radius 2 is 2.07 bits per heavy atom. The molecule has 0 aliphatic carbocycles. The number of nitrogens with one attached hydrogen (secondary N) is 1. The van der Waals surface area contributed by atoms with Gasteiger partial charge in [0.15, 0.2) is 11.0 Å². The maximum absolute atomic E-state index is 4.86. The molecule has 0 aliphatic heterocycles. The molecular weight excluding hydrogens is 212 g/mol. The van der Waals surface area contributed by atoms with Crippen molar-refractivity contribution in [1.82, 2.24) is 15.1 Å². The average molecular weight is 224 g/mol. The van der Waals surface area contributed by atoms with Crippen LogP contribution < -0.4 is 5.32 Å². The summed E-state index contributed by atoms with van der Waals surface area (Å²) in [5.41, 5.74) is 1.06. The third-order valence-electron chi connectivity index (χ3n) is 2.00.